The molecule has 8 heteroatoms. The van der Waals surface area contributed by atoms with Crippen LogP contribution in [0.1, 0.15) is 16.9 Å². The molecule has 1 amide bonds. The number of hydrogen-bond acceptors (Lipinski definition) is 6. The fraction of sp³-hybridized carbons (Fsp3) is 0.500. The third-order valence-electron chi connectivity index (χ3n) is 4.85. The number of aromatic nitrogens is 2. The Hall–Kier alpha value is -1.90. The number of morpholine rings is 1. The molecule has 2 aliphatic rings. The maximum atomic E-state index is 12.7. The van der Waals surface area contributed by atoms with E-state index in [2.05, 4.69) is 15.3 Å². The van der Waals surface area contributed by atoms with Crippen LogP contribution in [0.5, 0.6) is 0 Å². The Bertz CT molecular complexity index is 816. The molecule has 7 nitrogen and oxygen atoms in total. The number of nitrogens with zero attached hydrogens (tertiary/aromatic N) is 3. The van der Waals surface area contributed by atoms with Crippen LogP contribution in [-0.2, 0) is 16.1 Å². The van der Waals surface area contributed by atoms with Gasteiger partial charge in [0.2, 0.25) is 5.12 Å². The third kappa shape index (κ3) is 3.62. The Labute approximate surface area is 156 Å². The molecule has 4 rings (SSSR count). The molecule has 26 heavy (non-hydrogen) atoms. The molecule has 1 unspecified atom stereocenters. The molecule has 0 bridgehead atoms. The summed E-state index contributed by atoms with van der Waals surface area (Å²) in [6.07, 6.45) is 0.685. The van der Waals surface area contributed by atoms with Crippen molar-refractivity contribution in [1.82, 2.24) is 20.0 Å². The van der Waals surface area contributed by atoms with Gasteiger partial charge in [-0.1, -0.05) is 30.0 Å². The Balaban J connectivity index is 1.53. The fourth-order valence-electron chi connectivity index (χ4n) is 3.38. The molecular formula is C18H22N4O3S. The molecule has 0 saturated carbocycles. The molecule has 0 radical (unpaired) electrons. The molecule has 3 heterocycles. The summed E-state index contributed by atoms with van der Waals surface area (Å²) in [6.45, 7) is 4.96. The van der Waals surface area contributed by atoms with Gasteiger partial charge in [-0.2, -0.15) is 5.10 Å². The molecule has 2 fully saturated rings. The predicted octanol–water partition coefficient (Wildman–Crippen LogP) is 1.13. The van der Waals surface area contributed by atoms with Crippen LogP contribution in [0, 0.1) is 0 Å². The van der Waals surface area contributed by atoms with Crippen LogP contribution in [0.2, 0.25) is 0 Å². The van der Waals surface area contributed by atoms with Gasteiger partial charge < -0.3 is 10.1 Å². The first kappa shape index (κ1) is 17.5. The van der Waals surface area contributed by atoms with Crippen molar-refractivity contribution in [3.63, 3.8) is 0 Å². The first-order valence-electron chi connectivity index (χ1n) is 8.95. The van der Waals surface area contributed by atoms with Gasteiger partial charge in [-0.05, 0) is 12.5 Å². The Morgan fingerprint density at radius 1 is 1.27 bits per heavy atom. The van der Waals surface area contributed by atoms with Crippen LogP contribution in [0.25, 0.3) is 10.9 Å². The number of benzene rings is 1. The lowest BCUT2D eigenvalue weighted by Crippen LogP contribution is -2.38. The van der Waals surface area contributed by atoms with Crippen molar-refractivity contribution in [2.45, 2.75) is 19.0 Å². The lowest BCUT2D eigenvalue weighted by Gasteiger charge is -2.26. The second kappa shape index (κ2) is 7.77. The van der Waals surface area contributed by atoms with Crippen molar-refractivity contribution in [1.29, 1.82) is 0 Å². The summed E-state index contributed by atoms with van der Waals surface area (Å²) in [4.78, 5) is 26.8. The molecule has 138 valence electrons. The monoisotopic (exact) mass is 374 g/mol. The SMILES string of the molecule is O=C(NC1CCSC1=O)c1nn(CCN2CCOCC2)c2ccccc12. The van der Waals surface area contributed by atoms with Crippen LogP contribution in [0.3, 0.4) is 0 Å². The highest BCUT2D eigenvalue weighted by Crippen LogP contribution is 2.22. The van der Waals surface area contributed by atoms with Crippen molar-refractivity contribution in [2.75, 3.05) is 38.6 Å². The van der Waals surface area contributed by atoms with E-state index >= 15 is 0 Å². The summed E-state index contributed by atoms with van der Waals surface area (Å²) in [5.74, 6) is 0.491. The minimum Gasteiger partial charge on any atom is -0.379 e. The molecule has 1 aromatic carbocycles. The zero-order chi connectivity index (χ0) is 17.9. The predicted molar refractivity (Wildman–Crippen MR) is 100 cm³/mol. The largest absolute Gasteiger partial charge is 0.379 e. The minimum atomic E-state index is -0.398. The normalized spacial score (nSPS) is 21.4. The summed E-state index contributed by atoms with van der Waals surface area (Å²) in [6, 6.07) is 7.35. The average Bonchev–Trinajstić information content (AvgIpc) is 3.25. The Morgan fingerprint density at radius 3 is 2.85 bits per heavy atom. The average molecular weight is 374 g/mol. The maximum Gasteiger partial charge on any atom is 0.273 e. The number of thioether (sulfide) groups is 1. The number of hydrogen-bond donors (Lipinski definition) is 1. The molecule has 1 atom stereocenters. The Morgan fingerprint density at radius 2 is 2.08 bits per heavy atom. The van der Waals surface area contributed by atoms with Gasteiger partial charge in [0.1, 0.15) is 0 Å². The number of nitrogens with one attached hydrogen (secondary N) is 1. The van der Waals surface area contributed by atoms with Crippen molar-refractivity contribution in [3.05, 3.63) is 30.0 Å². The number of amides is 1. The zero-order valence-corrected chi connectivity index (χ0v) is 15.3. The molecular weight excluding hydrogens is 352 g/mol. The number of fused-ring (bicyclic) bond motifs is 1. The standard InChI is InChI=1S/C18H22N4O3S/c23-17(19-14-5-12-26-18(14)24)16-13-3-1-2-4-15(13)22(20-16)7-6-21-8-10-25-11-9-21/h1-4,14H,5-12H2,(H,19,23). The number of ether oxygens (including phenoxy) is 1. The smallest absolute Gasteiger partial charge is 0.273 e. The van der Waals surface area contributed by atoms with E-state index in [1.807, 2.05) is 28.9 Å². The van der Waals surface area contributed by atoms with Crippen LogP contribution in [0.15, 0.2) is 24.3 Å². The maximum absolute atomic E-state index is 12.7. The molecule has 2 aromatic rings. The van der Waals surface area contributed by atoms with Gasteiger partial charge in [0, 0.05) is 30.8 Å². The molecule has 2 saturated heterocycles. The molecule has 1 N–H and O–H groups in total. The minimum absolute atomic E-state index is 0.0365. The van der Waals surface area contributed by atoms with E-state index in [0.717, 1.165) is 49.5 Å². The summed E-state index contributed by atoms with van der Waals surface area (Å²) in [5.41, 5.74) is 1.34. The van der Waals surface area contributed by atoms with Crippen LogP contribution in [-0.4, -0.2) is 70.3 Å². The van der Waals surface area contributed by atoms with Gasteiger partial charge in [-0.3, -0.25) is 19.2 Å². The van der Waals surface area contributed by atoms with Crippen LogP contribution < -0.4 is 5.32 Å². The van der Waals surface area contributed by atoms with E-state index in [1.54, 1.807) is 0 Å². The van der Waals surface area contributed by atoms with Crippen LogP contribution >= 0.6 is 11.8 Å². The van der Waals surface area contributed by atoms with Crippen molar-refractivity contribution < 1.29 is 14.3 Å². The van der Waals surface area contributed by atoms with E-state index in [9.17, 15) is 9.59 Å². The van der Waals surface area contributed by atoms with E-state index in [0.29, 0.717) is 18.7 Å². The quantitative estimate of drug-likeness (QED) is 0.846. The second-order valence-corrected chi connectivity index (χ2v) is 7.62. The van der Waals surface area contributed by atoms with Gasteiger partial charge in [0.25, 0.3) is 5.91 Å². The lowest BCUT2D eigenvalue weighted by molar-refractivity contribution is -0.112. The Kier molecular flexibility index (Phi) is 5.23. The van der Waals surface area contributed by atoms with Gasteiger partial charge >= 0.3 is 0 Å². The number of rotatable bonds is 5. The third-order valence-corrected chi connectivity index (χ3v) is 5.85. The summed E-state index contributed by atoms with van der Waals surface area (Å²) in [7, 11) is 0. The highest BCUT2D eigenvalue weighted by atomic mass is 32.2. The number of para-hydroxylation sites is 1. The first-order valence-corrected chi connectivity index (χ1v) is 9.94. The van der Waals surface area contributed by atoms with E-state index < -0.39 is 6.04 Å². The van der Waals surface area contributed by atoms with Crippen LogP contribution in [0.4, 0.5) is 0 Å². The van der Waals surface area contributed by atoms with Crippen molar-refractivity contribution in [3.8, 4) is 0 Å². The highest BCUT2D eigenvalue weighted by molar-refractivity contribution is 8.14. The van der Waals surface area contributed by atoms with Gasteiger partial charge in [0.15, 0.2) is 5.69 Å². The van der Waals surface area contributed by atoms with Crippen molar-refractivity contribution >= 4 is 33.7 Å². The fourth-order valence-corrected chi connectivity index (χ4v) is 4.31. The van der Waals surface area contributed by atoms with E-state index in [1.165, 1.54) is 11.8 Å². The summed E-state index contributed by atoms with van der Waals surface area (Å²) < 4.78 is 7.28. The molecule has 1 aromatic heterocycles. The first-order chi connectivity index (χ1) is 12.7. The summed E-state index contributed by atoms with van der Waals surface area (Å²) >= 11 is 1.28. The van der Waals surface area contributed by atoms with E-state index in [-0.39, 0.29) is 11.0 Å². The molecule has 2 aliphatic heterocycles. The number of carbonyl (C=O) groups excluding carboxylic acids is 2. The summed E-state index contributed by atoms with van der Waals surface area (Å²) in [5, 5.41) is 8.27. The van der Waals surface area contributed by atoms with Gasteiger partial charge in [-0.25, -0.2) is 0 Å². The van der Waals surface area contributed by atoms with Gasteiger partial charge in [-0.15, -0.1) is 0 Å². The number of carbonyl (C=O) groups is 2. The topological polar surface area (TPSA) is 76.5 Å². The highest BCUT2D eigenvalue weighted by Gasteiger charge is 2.28. The molecule has 0 spiro atoms. The molecule has 0 aliphatic carbocycles. The zero-order valence-electron chi connectivity index (χ0n) is 14.5. The van der Waals surface area contributed by atoms with Gasteiger partial charge in [0.05, 0.1) is 31.3 Å². The second-order valence-electron chi connectivity index (χ2n) is 6.53. The van der Waals surface area contributed by atoms with Crippen molar-refractivity contribution in [2.24, 2.45) is 0 Å². The van der Waals surface area contributed by atoms with E-state index in [4.69, 9.17) is 4.74 Å². The lowest BCUT2D eigenvalue weighted by atomic mass is 10.2.